The number of carboxylic acid groups (broad SMARTS) is 1. The molecule has 7 nitrogen and oxygen atoms in total. The summed E-state index contributed by atoms with van der Waals surface area (Å²) >= 11 is 0. The predicted molar refractivity (Wildman–Crippen MR) is 101 cm³/mol. The van der Waals surface area contributed by atoms with Gasteiger partial charge in [-0.15, -0.1) is 0 Å². The van der Waals surface area contributed by atoms with Crippen LogP contribution in [0.4, 0.5) is 4.39 Å². The number of ketones is 1. The fraction of sp³-hybridized carbons (Fsp3) is 0.400. The van der Waals surface area contributed by atoms with Crippen molar-refractivity contribution in [1.82, 2.24) is 9.88 Å². The lowest BCUT2D eigenvalue weighted by Gasteiger charge is -2.23. The van der Waals surface area contributed by atoms with Gasteiger partial charge < -0.3 is 10.4 Å². The van der Waals surface area contributed by atoms with Gasteiger partial charge in [0.15, 0.2) is 5.78 Å². The van der Waals surface area contributed by atoms with Gasteiger partial charge in [-0.25, -0.2) is 4.39 Å². The molecule has 0 saturated carbocycles. The molecule has 0 spiro atoms. The molecule has 2 atom stereocenters. The van der Waals surface area contributed by atoms with Gasteiger partial charge in [-0.3, -0.25) is 23.7 Å². The van der Waals surface area contributed by atoms with Gasteiger partial charge in [-0.2, -0.15) is 0 Å². The van der Waals surface area contributed by atoms with Crippen molar-refractivity contribution in [2.75, 3.05) is 6.67 Å². The van der Waals surface area contributed by atoms with E-state index in [2.05, 4.69) is 5.32 Å². The summed E-state index contributed by atoms with van der Waals surface area (Å²) in [5, 5.41) is 12.1. The van der Waals surface area contributed by atoms with Gasteiger partial charge in [0.05, 0.1) is 11.9 Å². The van der Waals surface area contributed by atoms with Crippen LogP contribution < -0.4 is 5.32 Å². The minimum absolute atomic E-state index is 0.133. The normalized spacial score (nSPS) is 13.3. The fourth-order valence-corrected chi connectivity index (χ4v) is 3.01. The third-order valence-electron chi connectivity index (χ3n) is 4.62. The molecule has 150 valence electrons. The van der Waals surface area contributed by atoms with Crippen LogP contribution in [-0.4, -0.2) is 46.0 Å². The number of nitrogens with one attached hydrogen (secondary N) is 1. The number of Topliss-reactive ketones (excluding diaryl/α,β-unsaturated/α-hetero) is 1. The number of carboxylic acids is 1. The van der Waals surface area contributed by atoms with Gasteiger partial charge in [0, 0.05) is 23.9 Å². The third kappa shape index (κ3) is 5.03. The molecule has 2 aromatic rings. The summed E-state index contributed by atoms with van der Waals surface area (Å²) in [7, 11) is 0. The lowest BCUT2D eigenvalue weighted by Crippen LogP contribution is -2.47. The highest BCUT2D eigenvalue weighted by Crippen LogP contribution is 2.21. The molecule has 0 radical (unpaired) electrons. The second kappa shape index (κ2) is 9.25. The van der Waals surface area contributed by atoms with Crippen LogP contribution >= 0.6 is 0 Å². The quantitative estimate of drug-likeness (QED) is 0.684. The van der Waals surface area contributed by atoms with Crippen molar-refractivity contribution in [3.05, 3.63) is 36.5 Å². The van der Waals surface area contributed by atoms with Crippen LogP contribution in [0.5, 0.6) is 0 Å². The number of amides is 1. The molecule has 1 amide bonds. The lowest BCUT2D eigenvalue weighted by molar-refractivity contribution is -0.140. The first-order chi connectivity index (χ1) is 13.2. The first-order valence-corrected chi connectivity index (χ1v) is 8.94. The van der Waals surface area contributed by atoms with Crippen molar-refractivity contribution >= 4 is 34.5 Å². The van der Waals surface area contributed by atoms with Crippen LogP contribution in [0.15, 0.2) is 36.5 Å². The van der Waals surface area contributed by atoms with Gasteiger partial charge in [0.2, 0.25) is 11.8 Å². The maximum absolute atomic E-state index is 12.8. The molecule has 1 heterocycles. The highest BCUT2D eigenvalue weighted by molar-refractivity contribution is 5.96. The predicted octanol–water partition coefficient (Wildman–Crippen LogP) is 2.44. The second-order valence-electron chi connectivity index (χ2n) is 6.95. The number of halogens is 1. The zero-order chi connectivity index (χ0) is 20.8. The largest absolute Gasteiger partial charge is 0.481 e. The number of para-hydroxylation sites is 1. The molecule has 1 aromatic heterocycles. The van der Waals surface area contributed by atoms with E-state index in [4.69, 9.17) is 5.11 Å². The van der Waals surface area contributed by atoms with Crippen LogP contribution in [0.3, 0.4) is 0 Å². The van der Waals surface area contributed by atoms with Crippen molar-refractivity contribution < 1.29 is 28.7 Å². The molecule has 2 N–H and O–H groups in total. The highest BCUT2D eigenvalue weighted by atomic mass is 19.1. The van der Waals surface area contributed by atoms with Gasteiger partial charge in [-0.1, -0.05) is 32.0 Å². The first kappa shape index (κ1) is 21.3. The highest BCUT2D eigenvalue weighted by Gasteiger charge is 2.30. The molecular weight excluding hydrogens is 367 g/mol. The number of carbonyl (C=O) groups is 4. The van der Waals surface area contributed by atoms with Crippen LogP contribution in [-0.2, 0) is 14.4 Å². The summed E-state index contributed by atoms with van der Waals surface area (Å²) in [6, 6.07) is 7.65. The number of hydrogen-bond acceptors (Lipinski definition) is 4. The smallest absolute Gasteiger partial charge is 0.305 e. The van der Waals surface area contributed by atoms with Gasteiger partial charge in [0.1, 0.15) is 12.7 Å². The number of nitrogens with zero attached hydrogens (tertiary/aromatic N) is 1. The fourth-order valence-electron chi connectivity index (χ4n) is 3.01. The number of aliphatic carboxylic acids is 1. The van der Waals surface area contributed by atoms with Crippen LogP contribution in [0.1, 0.15) is 31.5 Å². The van der Waals surface area contributed by atoms with Crippen molar-refractivity contribution in [3.63, 3.8) is 0 Å². The Morgan fingerprint density at radius 3 is 2.39 bits per heavy atom. The summed E-state index contributed by atoms with van der Waals surface area (Å²) in [4.78, 5) is 47.9. The number of hydrogen-bond donors (Lipinski definition) is 2. The van der Waals surface area contributed by atoms with E-state index in [9.17, 15) is 23.6 Å². The van der Waals surface area contributed by atoms with Gasteiger partial charge in [0.25, 0.3) is 0 Å². The Balaban J connectivity index is 2.17. The Morgan fingerprint density at radius 1 is 1.11 bits per heavy atom. The van der Waals surface area contributed by atoms with Crippen molar-refractivity contribution in [2.24, 2.45) is 11.8 Å². The average Bonchev–Trinajstić information content (AvgIpc) is 3.08. The maximum Gasteiger partial charge on any atom is 0.305 e. The molecule has 0 fully saturated rings. The van der Waals surface area contributed by atoms with Crippen LogP contribution in [0, 0.1) is 11.8 Å². The van der Waals surface area contributed by atoms with E-state index in [0.29, 0.717) is 5.52 Å². The number of rotatable bonds is 9. The average molecular weight is 390 g/mol. The van der Waals surface area contributed by atoms with E-state index < -0.39 is 42.7 Å². The lowest BCUT2D eigenvalue weighted by atomic mass is 9.90. The van der Waals surface area contributed by atoms with E-state index in [0.717, 1.165) is 5.39 Å². The molecule has 0 aliphatic heterocycles. The Kier molecular flexibility index (Phi) is 7.03. The monoisotopic (exact) mass is 390 g/mol. The Bertz CT molecular complexity index is 890. The molecule has 2 rings (SSSR count). The minimum atomic E-state index is -1.46. The molecule has 0 saturated heterocycles. The molecular formula is C20H23FN2O5. The number of carbonyl (C=O) groups excluding carboxylic acids is 3. The molecule has 0 bridgehead atoms. The standard InChI is InChI=1S/C20H23FN2O5/c1-12(2)14(20(28)22-15(10-19(26)27)17(24)11-21)9-18(25)23-8-7-13-5-3-4-6-16(13)23/h3-8,12,14-15H,9-11H2,1-2H3,(H,22,28)(H,26,27). The summed E-state index contributed by atoms with van der Waals surface area (Å²) in [6.45, 7) is 2.11. The third-order valence-corrected chi connectivity index (χ3v) is 4.62. The van der Waals surface area contributed by atoms with Gasteiger partial charge in [-0.05, 0) is 18.1 Å². The summed E-state index contributed by atoms with van der Waals surface area (Å²) < 4.78 is 14.1. The van der Waals surface area contributed by atoms with E-state index in [1.165, 1.54) is 4.57 Å². The second-order valence-corrected chi connectivity index (χ2v) is 6.95. The van der Waals surface area contributed by atoms with Crippen molar-refractivity contribution in [3.8, 4) is 0 Å². The topological polar surface area (TPSA) is 105 Å². The van der Waals surface area contributed by atoms with Crippen LogP contribution in [0.25, 0.3) is 10.9 Å². The van der Waals surface area contributed by atoms with Crippen molar-refractivity contribution in [1.29, 1.82) is 0 Å². The zero-order valence-electron chi connectivity index (χ0n) is 15.7. The Morgan fingerprint density at radius 2 is 1.79 bits per heavy atom. The maximum atomic E-state index is 12.8. The Labute approximate surface area is 161 Å². The minimum Gasteiger partial charge on any atom is -0.481 e. The zero-order valence-corrected chi connectivity index (χ0v) is 15.7. The summed E-state index contributed by atoms with van der Waals surface area (Å²) in [6.07, 6.45) is 0.781. The van der Waals surface area contributed by atoms with Gasteiger partial charge >= 0.3 is 5.97 Å². The number of benzene rings is 1. The van der Waals surface area contributed by atoms with Crippen LogP contribution in [0.2, 0.25) is 0 Å². The molecule has 2 unspecified atom stereocenters. The molecule has 28 heavy (non-hydrogen) atoms. The summed E-state index contributed by atoms with van der Waals surface area (Å²) in [5.74, 6) is -4.34. The number of fused-ring (bicyclic) bond motifs is 1. The van der Waals surface area contributed by atoms with E-state index >= 15 is 0 Å². The number of alkyl halides is 1. The molecule has 8 heteroatoms. The van der Waals surface area contributed by atoms with Crippen molar-refractivity contribution in [2.45, 2.75) is 32.7 Å². The SMILES string of the molecule is CC(C)C(CC(=O)n1ccc2ccccc21)C(=O)NC(CC(=O)O)C(=O)CF. The van der Waals surface area contributed by atoms with E-state index in [-0.39, 0.29) is 18.2 Å². The first-order valence-electron chi connectivity index (χ1n) is 8.94. The van der Waals surface area contributed by atoms with E-state index in [1.54, 1.807) is 38.2 Å². The Hall–Kier alpha value is -3.03. The summed E-state index contributed by atoms with van der Waals surface area (Å²) in [5.41, 5.74) is 0.715. The molecule has 0 aliphatic carbocycles. The number of aromatic nitrogens is 1. The molecule has 1 aromatic carbocycles. The van der Waals surface area contributed by atoms with E-state index in [1.807, 2.05) is 12.1 Å². The molecule has 0 aliphatic rings.